The molecule has 2 atom stereocenters. The number of rotatable bonds is 3. The van der Waals surface area contributed by atoms with Crippen molar-refractivity contribution in [2.75, 3.05) is 19.7 Å². The number of piperidine rings is 1. The quantitative estimate of drug-likeness (QED) is 0.824. The molecule has 0 aromatic rings. The first kappa shape index (κ1) is 13.3. The van der Waals surface area contributed by atoms with E-state index in [-0.39, 0.29) is 12.0 Å². The molecule has 0 aromatic carbocycles. The molecule has 2 aliphatic rings. The minimum absolute atomic E-state index is 0.0220. The molecule has 1 amide bonds. The molecular formula is C13H21NO4. The van der Waals surface area contributed by atoms with Gasteiger partial charge in [0.2, 0.25) is 0 Å². The maximum Gasteiger partial charge on any atom is 0.311 e. The van der Waals surface area contributed by atoms with E-state index in [0.717, 1.165) is 19.3 Å². The Morgan fingerprint density at radius 2 is 2.22 bits per heavy atom. The molecule has 0 bridgehead atoms. The van der Waals surface area contributed by atoms with Crippen LogP contribution in [0.3, 0.4) is 0 Å². The number of amides is 1. The average Bonchev–Trinajstić information content (AvgIpc) is 2.91. The molecule has 2 fully saturated rings. The van der Waals surface area contributed by atoms with Crippen LogP contribution in [0.1, 0.15) is 39.0 Å². The highest BCUT2D eigenvalue weighted by Gasteiger charge is 2.43. The van der Waals surface area contributed by atoms with Gasteiger partial charge in [0.05, 0.1) is 5.41 Å². The van der Waals surface area contributed by atoms with Gasteiger partial charge in [0.1, 0.15) is 6.10 Å². The van der Waals surface area contributed by atoms with E-state index in [0.29, 0.717) is 32.5 Å². The first-order chi connectivity index (χ1) is 8.59. The van der Waals surface area contributed by atoms with Crippen LogP contribution in [0.15, 0.2) is 0 Å². The predicted molar refractivity (Wildman–Crippen MR) is 65.1 cm³/mol. The maximum absolute atomic E-state index is 12.2. The fourth-order valence-corrected chi connectivity index (χ4v) is 2.91. The minimum Gasteiger partial charge on any atom is -0.481 e. The van der Waals surface area contributed by atoms with Crippen molar-refractivity contribution >= 4 is 11.9 Å². The first-order valence-electron chi connectivity index (χ1n) is 6.73. The van der Waals surface area contributed by atoms with E-state index in [1.165, 1.54) is 0 Å². The van der Waals surface area contributed by atoms with Gasteiger partial charge >= 0.3 is 5.97 Å². The number of aliphatic carboxylic acids is 1. The molecule has 5 heteroatoms. The Morgan fingerprint density at radius 1 is 1.44 bits per heavy atom. The zero-order valence-electron chi connectivity index (χ0n) is 10.9. The van der Waals surface area contributed by atoms with Crippen LogP contribution in [0.4, 0.5) is 0 Å². The van der Waals surface area contributed by atoms with Gasteiger partial charge in [-0.3, -0.25) is 9.59 Å². The van der Waals surface area contributed by atoms with Crippen molar-refractivity contribution in [3.63, 3.8) is 0 Å². The number of carbonyl (C=O) groups is 2. The van der Waals surface area contributed by atoms with Crippen molar-refractivity contribution in [3.05, 3.63) is 0 Å². The normalized spacial score (nSPS) is 32.5. The van der Waals surface area contributed by atoms with E-state index in [2.05, 4.69) is 0 Å². The lowest BCUT2D eigenvalue weighted by Crippen LogP contribution is -2.52. The first-order valence-corrected chi connectivity index (χ1v) is 6.73. The number of hydrogen-bond acceptors (Lipinski definition) is 3. The fourth-order valence-electron chi connectivity index (χ4n) is 2.91. The topological polar surface area (TPSA) is 66.8 Å². The van der Waals surface area contributed by atoms with Crippen LogP contribution >= 0.6 is 0 Å². The van der Waals surface area contributed by atoms with Gasteiger partial charge in [-0.15, -0.1) is 0 Å². The molecule has 0 radical (unpaired) electrons. The number of carboxylic acid groups (broad SMARTS) is 1. The highest BCUT2D eigenvalue weighted by molar-refractivity contribution is 5.83. The van der Waals surface area contributed by atoms with Gasteiger partial charge in [-0.2, -0.15) is 0 Å². The second-order valence-corrected chi connectivity index (χ2v) is 5.30. The number of carbonyl (C=O) groups excluding carboxylic acids is 1. The van der Waals surface area contributed by atoms with E-state index < -0.39 is 11.4 Å². The van der Waals surface area contributed by atoms with Crippen molar-refractivity contribution in [3.8, 4) is 0 Å². The standard InChI is InChI=1S/C13H21NO4/c1-2-13(12(16)17)6-4-7-14(9-13)11(15)10-5-3-8-18-10/h10H,2-9H2,1H3,(H,16,17)/t10-,13?/m0/s1. The smallest absolute Gasteiger partial charge is 0.311 e. The Balaban J connectivity index is 2.05. The van der Waals surface area contributed by atoms with Gasteiger partial charge in [-0.1, -0.05) is 6.92 Å². The van der Waals surface area contributed by atoms with Gasteiger partial charge in [-0.25, -0.2) is 0 Å². The van der Waals surface area contributed by atoms with Gasteiger partial charge in [0, 0.05) is 19.7 Å². The summed E-state index contributed by atoms with van der Waals surface area (Å²) in [6, 6.07) is 0. The van der Waals surface area contributed by atoms with E-state index >= 15 is 0 Å². The molecule has 18 heavy (non-hydrogen) atoms. The van der Waals surface area contributed by atoms with Crippen LogP contribution < -0.4 is 0 Å². The summed E-state index contributed by atoms with van der Waals surface area (Å²) in [6.07, 6.45) is 3.33. The summed E-state index contributed by atoms with van der Waals surface area (Å²) >= 11 is 0. The lowest BCUT2D eigenvalue weighted by molar-refractivity contribution is -0.157. The van der Waals surface area contributed by atoms with Gasteiger partial charge in [0.15, 0.2) is 0 Å². The number of hydrogen-bond donors (Lipinski definition) is 1. The molecule has 0 aromatic heterocycles. The van der Waals surface area contributed by atoms with E-state index in [4.69, 9.17) is 4.74 Å². The average molecular weight is 255 g/mol. The fraction of sp³-hybridized carbons (Fsp3) is 0.846. The molecule has 1 N–H and O–H groups in total. The molecule has 2 rings (SSSR count). The van der Waals surface area contributed by atoms with Crippen LogP contribution in [0, 0.1) is 5.41 Å². The number of nitrogens with zero attached hydrogens (tertiary/aromatic N) is 1. The lowest BCUT2D eigenvalue weighted by Gasteiger charge is -2.40. The van der Waals surface area contributed by atoms with Gasteiger partial charge < -0.3 is 14.7 Å². The van der Waals surface area contributed by atoms with Crippen LogP contribution in [-0.2, 0) is 14.3 Å². The Kier molecular flexibility index (Phi) is 3.90. The number of likely N-dealkylation sites (tertiary alicyclic amines) is 1. The Bertz CT molecular complexity index is 338. The van der Waals surface area contributed by atoms with Crippen molar-refractivity contribution in [1.29, 1.82) is 0 Å². The van der Waals surface area contributed by atoms with Gasteiger partial charge in [-0.05, 0) is 32.1 Å². The highest BCUT2D eigenvalue weighted by Crippen LogP contribution is 2.34. The molecule has 5 nitrogen and oxygen atoms in total. The SMILES string of the molecule is CCC1(C(=O)O)CCCN(C(=O)[C@@H]2CCCO2)C1. The highest BCUT2D eigenvalue weighted by atomic mass is 16.5. The molecule has 2 heterocycles. The third-order valence-corrected chi connectivity index (χ3v) is 4.22. The van der Waals surface area contributed by atoms with Crippen molar-refractivity contribution < 1.29 is 19.4 Å². The Hall–Kier alpha value is -1.10. The Morgan fingerprint density at radius 3 is 2.78 bits per heavy atom. The monoisotopic (exact) mass is 255 g/mol. The van der Waals surface area contributed by atoms with E-state index in [1.807, 2.05) is 6.92 Å². The summed E-state index contributed by atoms with van der Waals surface area (Å²) in [6.45, 7) is 3.52. The summed E-state index contributed by atoms with van der Waals surface area (Å²) in [4.78, 5) is 25.4. The summed E-state index contributed by atoms with van der Waals surface area (Å²) in [5.41, 5.74) is -0.757. The van der Waals surface area contributed by atoms with Crippen LogP contribution in [0.2, 0.25) is 0 Å². The van der Waals surface area contributed by atoms with Gasteiger partial charge in [0.25, 0.3) is 5.91 Å². The van der Waals surface area contributed by atoms with E-state index in [9.17, 15) is 14.7 Å². The molecule has 2 aliphatic heterocycles. The minimum atomic E-state index is -0.783. The molecular weight excluding hydrogens is 234 g/mol. The summed E-state index contributed by atoms with van der Waals surface area (Å²) < 4.78 is 5.39. The molecule has 2 saturated heterocycles. The second kappa shape index (κ2) is 5.26. The molecule has 0 spiro atoms. The molecule has 0 saturated carbocycles. The maximum atomic E-state index is 12.2. The molecule has 0 aliphatic carbocycles. The Labute approximate surface area is 107 Å². The van der Waals surface area contributed by atoms with Crippen LogP contribution in [0.5, 0.6) is 0 Å². The van der Waals surface area contributed by atoms with Crippen LogP contribution in [0.25, 0.3) is 0 Å². The third-order valence-electron chi connectivity index (χ3n) is 4.22. The summed E-state index contributed by atoms with van der Waals surface area (Å²) in [7, 11) is 0. The predicted octanol–water partition coefficient (Wildman–Crippen LogP) is 1.27. The summed E-state index contributed by atoms with van der Waals surface area (Å²) in [5.74, 6) is -0.805. The van der Waals surface area contributed by atoms with E-state index in [1.54, 1.807) is 4.90 Å². The summed E-state index contributed by atoms with van der Waals surface area (Å²) in [5, 5.41) is 9.38. The van der Waals surface area contributed by atoms with Crippen LogP contribution in [-0.4, -0.2) is 47.7 Å². The largest absolute Gasteiger partial charge is 0.481 e. The van der Waals surface area contributed by atoms with Crippen molar-refractivity contribution in [2.45, 2.75) is 45.1 Å². The number of carboxylic acids is 1. The second-order valence-electron chi connectivity index (χ2n) is 5.30. The molecule has 102 valence electrons. The third kappa shape index (κ3) is 2.36. The molecule has 1 unspecified atom stereocenters. The lowest BCUT2D eigenvalue weighted by atomic mass is 9.77. The zero-order chi connectivity index (χ0) is 13.2. The zero-order valence-corrected chi connectivity index (χ0v) is 10.9. The number of ether oxygens (including phenoxy) is 1. The van der Waals surface area contributed by atoms with Crippen molar-refractivity contribution in [2.24, 2.45) is 5.41 Å². The van der Waals surface area contributed by atoms with Crippen molar-refractivity contribution in [1.82, 2.24) is 4.90 Å².